The van der Waals surface area contributed by atoms with E-state index in [1.54, 1.807) is 7.11 Å². The predicted octanol–water partition coefficient (Wildman–Crippen LogP) is 3.47. The molecular weight excluding hydrogens is 445 g/mol. The monoisotopic (exact) mass is 477 g/mol. The number of para-hydroxylation sites is 1. The van der Waals surface area contributed by atoms with E-state index in [0.717, 1.165) is 56.1 Å². The van der Waals surface area contributed by atoms with Crippen LogP contribution >= 0.6 is 24.0 Å². The third-order valence-corrected chi connectivity index (χ3v) is 4.26. The molecule has 0 aliphatic heterocycles. The molecule has 0 saturated heterocycles. The Morgan fingerprint density at radius 3 is 2.77 bits per heavy atom. The molecule has 0 heterocycles. The number of methoxy groups -OCH3 is 1. The van der Waals surface area contributed by atoms with Gasteiger partial charge in [-0.2, -0.15) is 0 Å². The fourth-order valence-corrected chi connectivity index (χ4v) is 2.91. The molecule has 3 N–H and O–H groups in total. The van der Waals surface area contributed by atoms with Crippen LogP contribution in [0.15, 0.2) is 23.2 Å². The SMILES string of the molecule is CCOCCCNC(N)=NCc1cccc(OC)c1OC1CCCC1.I. The molecular formula is C19H32IN3O3. The Bertz CT molecular complexity index is 549. The normalized spacial score (nSPS) is 14.8. The molecule has 1 aromatic rings. The molecule has 26 heavy (non-hydrogen) atoms. The van der Waals surface area contributed by atoms with Crippen LogP contribution in [-0.2, 0) is 11.3 Å². The summed E-state index contributed by atoms with van der Waals surface area (Å²) >= 11 is 0. The summed E-state index contributed by atoms with van der Waals surface area (Å²) in [5.41, 5.74) is 6.94. The number of halogens is 1. The van der Waals surface area contributed by atoms with Gasteiger partial charge in [0.2, 0.25) is 0 Å². The highest BCUT2D eigenvalue weighted by atomic mass is 127. The summed E-state index contributed by atoms with van der Waals surface area (Å²) in [6, 6.07) is 5.89. The molecule has 1 aromatic carbocycles. The zero-order valence-electron chi connectivity index (χ0n) is 15.8. The quantitative estimate of drug-likeness (QED) is 0.234. The molecule has 0 radical (unpaired) electrons. The molecule has 7 heteroatoms. The number of ether oxygens (including phenoxy) is 3. The number of nitrogens with zero attached hydrogens (tertiary/aromatic N) is 1. The van der Waals surface area contributed by atoms with Gasteiger partial charge in [0.05, 0.1) is 19.8 Å². The van der Waals surface area contributed by atoms with Crippen LogP contribution in [0.2, 0.25) is 0 Å². The van der Waals surface area contributed by atoms with Gasteiger partial charge in [-0.3, -0.25) is 0 Å². The van der Waals surface area contributed by atoms with Crippen LogP contribution in [0.1, 0.15) is 44.6 Å². The van der Waals surface area contributed by atoms with Crippen molar-refractivity contribution in [2.24, 2.45) is 10.7 Å². The molecule has 0 amide bonds. The molecule has 0 bridgehead atoms. The van der Waals surface area contributed by atoms with Gasteiger partial charge >= 0.3 is 0 Å². The van der Waals surface area contributed by atoms with Crippen molar-refractivity contribution in [3.8, 4) is 11.5 Å². The Kier molecular flexibility index (Phi) is 11.4. The van der Waals surface area contributed by atoms with E-state index in [9.17, 15) is 0 Å². The highest BCUT2D eigenvalue weighted by molar-refractivity contribution is 14.0. The first-order valence-electron chi connectivity index (χ1n) is 9.18. The van der Waals surface area contributed by atoms with Crippen molar-refractivity contribution >= 4 is 29.9 Å². The van der Waals surface area contributed by atoms with Gasteiger partial charge in [-0.25, -0.2) is 4.99 Å². The minimum Gasteiger partial charge on any atom is -0.493 e. The van der Waals surface area contributed by atoms with E-state index in [0.29, 0.717) is 12.5 Å². The van der Waals surface area contributed by atoms with Gasteiger partial charge in [0.15, 0.2) is 17.5 Å². The van der Waals surface area contributed by atoms with Crippen molar-refractivity contribution in [3.05, 3.63) is 23.8 Å². The van der Waals surface area contributed by atoms with Gasteiger partial charge in [0.25, 0.3) is 0 Å². The van der Waals surface area contributed by atoms with E-state index < -0.39 is 0 Å². The second-order valence-electron chi connectivity index (χ2n) is 6.15. The molecule has 0 aromatic heterocycles. The number of aliphatic imine (C=N–C) groups is 1. The zero-order chi connectivity index (χ0) is 17.9. The third kappa shape index (κ3) is 7.57. The fourth-order valence-electron chi connectivity index (χ4n) is 2.91. The van der Waals surface area contributed by atoms with E-state index in [1.165, 1.54) is 12.8 Å². The summed E-state index contributed by atoms with van der Waals surface area (Å²) in [4.78, 5) is 4.43. The Balaban J connectivity index is 0.00000338. The number of benzene rings is 1. The number of rotatable bonds is 10. The first-order chi connectivity index (χ1) is 12.2. The molecule has 0 atom stereocenters. The molecule has 0 unspecified atom stereocenters. The van der Waals surface area contributed by atoms with E-state index in [-0.39, 0.29) is 30.1 Å². The van der Waals surface area contributed by atoms with Crippen LogP contribution in [-0.4, -0.2) is 38.9 Å². The maximum Gasteiger partial charge on any atom is 0.188 e. The highest BCUT2D eigenvalue weighted by Crippen LogP contribution is 2.35. The fraction of sp³-hybridized carbons (Fsp3) is 0.632. The summed E-state index contributed by atoms with van der Waals surface area (Å²) < 4.78 is 17.0. The standard InChI is InChI=1S/C19H31N3O3.HI/c1-3-24-13-7-12-21-19(20)22-14-15-8-6-11-17(23-2)18(15)25-16-9-4-5-10-16;/h6,8,11,16H,3-5,7,9-10,12-14H2,1-2H3,(H3,20,21,22);1H. The molecule has 1 saturated carbocycles. The molecule has 1 aliphatic rings. The number of nitrogens with two attached hydrogens (primary N) is 1. The summed E-state index contributed by atoms with van der Waals surface area (Å²) in [5.74, 6) is 1.98. The lowest BCUT2D eigenvalue weighted by Crippen LogP contribution is -2.32. The maximum atomic E-state index is 6.21. The Morgan fingerprint density at radius 1 is 1.31 bits per heavy atom. The lowest BCUT2D eigenvalue weighted by molar-refractivity contribution is 0.145. The van der Waals surface area contributed by atoms with Crippen LogP contribution in [0.4, 0.5) is 0 Å². The average Bonchev–Trinajstić information content (AvgIpc) is 3.13. The Morgan fingerprint density at radius 2 is 2.08 bits per heavy atom. The van der Waals surface area contributed by atoms with Crippen molar-refractivity contribution in [3.63, 3.8) is 0 Å². The number of guanidine groups is 1. The van der Waals surface area contributed by atoms with Crippen molar-refractivity contribution in [1.82, 2.24) is 5.32 Å². The Labute approximate surface area is 173 Å². The van der Waals surface area contributed by atoms with Gasteiger partial charge in [0, 0.05) is 25.3 Å². The smallest absolute Gasteiger partial charge is 0.188 e. The van der Waals surface area contributed by atoms with E-state index in [4.69, 9.17) is 19.9 Å². The molecule has 0 spiro atoms. The van der Waals surface area contributed by atoms with Gasteiger partial charge in [-0.05, 0) is 45.1 Å². The van der Waals surface area contributed by atoms with E-state index >= 15 is 0 Å². The van der Waals surface area contributed by atoms with E-state index in [1.807, 2.05) is 25.1 Å². The number of hydrogen-bond donors (Lipinski definition) is 2. The summed E-state index contributed by atoms with van der Waals surface area (Å²) in [6.07, 6.45) is 5.83. The van der Waals surface area contributed by atoms with Gasteiger partial charge in [-0.15, -0.1) is 24.0 Å². The summed E-state index contributed by atoms with van der Waals surface area (Å²) in [5, 5.41) is 3.11. The second-order valence-corrected chi connectivity index (χ2v) is 6.15. The first-order valence-corrected chi connectivity index (χ1v) is 9.18. The van der Waals surface area contributed by atoms with Gasteiger partial charge in [-0.1, -0.05) is 12.1 Å². The van der Waals surface area contributed by atoms with Crippen LogP contribution in [0, 0.1) is 0 Å². The van der Waals surface area contributed by atoms with Crippen molar-refractivity contribution in [1.29, 1.82) is 0 Å². The summed E-state index contributed by atoms with van der Waals surface area (Å²) in [7, 11) is 1.66. The largest absolute Gasteiger partial charge is 0.493 e. The van der Waals surface area contributed by atoms with Crippen LogP contribution in [0.5, 0.6) is 11.5 Å². The van der Waals surface area contributed by atoms with E-state index in [2.05, 4.69) is 10.3 Å². The number of hydrogen-bond acceptors (Lipinski definition) is 4. The van der Waals surface area contributed by atoms with Crippen LogP contribution < -0.4 is 20.5 Å². The predicted molar refractivity (Wildman–Crippen MR) is 116 cm³/mol. The average molecular weight is 477 g/mol. The minimum absolute atomic E-state index is 0. The molecule has 6 nitrogen and oxygen atoms in total. The van der Waals surface area contributed by atoms with Crippen molar-refractivity contribution < 1.29 is 14.2 Å². The molecule has 1 aliphatic carbocycles. The molecule has 2 rings (SSSR count). The minimum atomic E-state index is 0. The Hall–Kier alpha value is -1.22. The topological polar surface area (TPSA) is 78.1 Å². The third-order valence-electron chi connectivity index (χ3n) is 4.26. The zero-order valence-corrected chi connectivity index (χ0v) is 18.2. The maximum absolute atomic E-state index is 6.21. The lowest BCUT2D eigenvalue weighted by atomic mass is 10.1. The number of nitrogens with one attached hydrogen (secondary N) is 1. The first kappa shape index (κ1) is 22.8. The van der Waals surface area contributed by atoms with Crippen LogP contribution in [0.3, 0.4) is 0 Å². The van der Waals surface area contributed by atoms with Gasteiger partial charge < -0.3 is 25.3 Å². The summed E-state index contributed by atoms with van der Waals surface area (Å²) in [6.45, 7) is 4.67. The molecule has 148 valence electrons. The molecule has 1 fully saturated rings. The van der Waals surface area contributed by atoms with Crippen LogP contribution in [0.25, 0.3) is 0 Å². The highest BCUT2D eigenvalue weighted by Gasteiger charge is 2.20. The second kappa shape index (κ2) is 13.0. The van der Waals surface area contributed by atoms with Gasteiger partial charge in [0.1, 0.15) is 0 Å². The van der Waals surface area contributed by atoms with Crippen molar-refractivity contribution in [2.45, 2.75) is 51.7 Å². The van der Waals surface area contributed by atoms with Crippen molar-refractivity contribution in [2.75, 3.05) is 26.9 Å². The lowest BCUT2D eigenvalue weighted by Gasteiger charge is -2.18.